The first-order valence-electron chi connectivity index (χ1n) is 5.64. The van der Waals surface area contributed by atoms with Gasteiger partial charge in [0.2, 0.25) is 5.78 Å². The summed E-state index contributed by atoms with van der Waals surface area (Å²) in [6.07, 6.45) is 3.13. The van der Waals surface area contributed by atoms with Gasteiger partial charge in [0, 0.05) is 18.1 Å². The Balaban J connectivity index is 2.08. The molecule has 0 aliphatic heterocycles. The molecule has 0 fully saturated rings. The van der Waals surface area contributed by atoms with Gasteiger partial charge in [0.1, 0.15) is 0 Å². The molecule has 0 radical (unpaired) electrons. The van der Waals surface area contributed by atoms with Gasteiger partial charge in [0.05, 0.1) is 18.4 Å². The minimum Gasteiger partial charge on any atom is -0.317 e. The van der Waals surface area contributed by atoms with Gasteiger partial charge in [0.25, 0.3) is 5.91 Å². The molecule has 0 aliphatic rings. The Morgan fingerprint density at radius 1 is 1.37 bits per heavy atom. The summed E-state index contributed by atoms with van der Waals surface area (Å²) in [7, 11) is 0. The SMILES string of the molecule is CC(=O)C(=O)Nc1cnn(Cc2ccccc2Cl)c1. The number of halogens is 1. The van der Waals surface area contributed by atoms with Gasteiger partial charge in [-0.15, -0.1) is 0 Å². The third-order valence-electron chi connectivity index (χ3n) is 2.50. The lowest BCUT2D eigenvalue weighted by Gasteiger charge is -2.03. The first-order chi connectivity index (χ1) is 9.06. The summed E-state index contributed by atoms with van der Waals surface area (Å²) in [5.74, 6) is -1.20. The molecule has 0 aliphatic carbocycles. The fourth-order valence-electron chi connectivity index (χ4n) is 1.53. The van der Waals surface area contributed by atoms with E-state index >= 15 is 0 Å². The second-order valence-corrected chi connectivity index (χ2v) is 4.44. The van der Waals surface area contributed by atoms with E-state index in [-0.39, 0.29) is 0 Å². The molecule has 0 saturated carbocycles. The van der Waals surface area contributed by atoms with Gasteiger partial charge in [-0.3, -0.25) is 14.3 Å². The van der Waals surface area contributed by atoms with E-state index in [1.165, 1.54) is 13.1 Å². The highest BCUT2D eigenvalue weighted by Crippen LogP contribution is 2.16. The molecule has 1 aromatic carbocycles. The van der Waals surface area contributed by atoms with E-state index < -0.39 is 11.7 Å². The highest BCUT2D eigenvalue weighted by Gasteiger charge is 2.09. The maximum Gasteiger partial charge on any atom is 0.291 e. The summed E-state index contributed by atoms with van der Waals surface area (Å²) >= 11 is 6.05. The Morgan fingerprint density at radius 3 is 2.79 bits per heavy atom. The zero-order valence-electron chi connectivity index (χ0n) is 10.3. The Labute approximate surface area is 115 Å². The van der Waals surface area contributed by atoms with E-state index in [0.29, 0.717) is 17.3 Å². The van der Waals surface area contributed by atoms with Crippen LogP contribution in [0.2, 0.25) is 5.02 Å². The predicted molar refractivity (Wildman–Crippen MR) is 72.1 cm³/mol. The normalized spacial score (nSPS) is 10.2. The number of carbonyl (C=O) groups is 2. The summed E-state index contributed by atoms with van der Waals surface area (Å²) in [4.78, 5) is 22.0. The van der Waals surface area contributed by atoms with Gasteiger partial charge in [0.15, 0.2) is 0 Å². The maximum atomic E-state index is 11.2. The van der Waals surface area contributed by atoms with Crippen molar-refractivity contribution in [3.05, 3.63) is 47.2 Å². The van der Waals surface area contributed by atoms with Gasteiger partial charge in [-0.05, 0) is 11.6 Å². The van der Waals surface area contributed by atoms with Crippen LogP contribution < -0.4 is 5.32 Å². The summed E-state index contributed by atoms with van der Waals surface area (Å²) in [6, 6.07) is 7.45. The van der Waals surface area contributed by atoms with Gasteiger partial charge in [-0.2, -0.15) is 5.10 Å². The van der Waals surface area contributed by atoms with Crippen LogP contribution in [-0.4, -0.2) is 21.5 Å². The zero-order chi connectivity index (χ0) is 13.8. The van der Waals surface area contributed by atoms with Crippen LogP contribution in [0.15, 0.2) is 36.7 Å². The molecule has 5 nitrogen and oxygen atoms in total. The number of benzene rings is 1. The van der Waals surface area contributed by atoms with Crippen molar-refractivity contribution >= 4 is 29.0 Å². The van der Waals surface area contributed by atoms with Crippen LogP contribution in [0.3, 0.4) is 0 Å². The summed E-state index contributed by atoms with van der Waals surface area (Å²) in [5.41, 5.74) is 1.41. The molecule has 98 valence electrons. The second kappa shape index (κ2) is 5.67. The van der Waals surface area contributed by atoms with Gasteiger partial charge < -0.3 is 5.32 Å². The highest BCUT2D eigenvalue weighted by atomic mass is 35.5. The Hall–Kier alpha value is -2.14. The summed E-state index contributed by atoms with van der Waals surface area (Å²) in [6.45, 7) is 1.71. The van der Waals surface area contributed by atoms with Crippen LogP contribution >= 0.6 is 11.6 Å². The summed E-state index contributed by atoms with van der Waals surface area (Å²) in [5, 5.41) is 7.21. The molecule has 6 heteroatoms. The lowest BCUT2D eigenvalue weighted by Crippen LogP contribution is -2.19. The molecule has 1 N–H and O–H groups in total. The van der Waals surface area contributed by atoms with Crippen molar-refractivity contribution in [2.75, 3.05) is 5.32 Å². The Bertz CT molecular complexity index is 622. The lowest BCUT2D eigenvalue weighted by atomic mass is 10.2. The zero-order valence-corrected chi connectivity index (χ0v) is 11.0. The number of hydrogen-bond acceptors (Lipinski definition) is 3. The van der Waals surface area contributed by atoms with Crippen LogP contribution in [0.4, 0.5) is 5.69 Å². The number of amides is 1. The van der Waals surface area contributed by atoms with Crippen LogP contribution in [0, 0.1) is 0 Å². The monoisotopic (exact) mass is 277 g/mol. The molecule has 0 saturated heterocycles. The van der Waals surface area contributed by atoms with Crippen LogP contribution in [0.5, 0.6) is 0 Å². The van der Waals surface area contributed by atoms with E-state index in [2.05, 4.69) is 10.4 Å². The van der Waals surface area contributed by atoms with Crippen molar-refractivity contribution in [1.82, 2.24) is 9.78 Å². The first-order valence-corrected chi connectivity index (χ1v) is 6.02. The first kappa shape index (κ1) is 13.3. The van der Waals surface area contributed by atoms with Crippen molar-refractivity contribution in [2.24, 2.45) is 0 Å². The molecule has 19 heavy (non-hydrogen) atoms. The molecule has 2 rings (SSSR count). The van der Waals surface area contributed by atoms with Crippen LogP contribution in [0.25, 0.3) is 0 Å². The van der Waals surface area contributed by atoms with E-state index in [9.17, 15) is 9.59 Å². The molecular weight excluding hydrogens is 266 g/mol. The average Bonchev–Trinajstić information content (AvgIpc) is 2.79. The third-order valence-corrected chi connectivity index (χ3v) is 2.87. The standard InChI is InChI=1S/C13H12ClN3O2/c1-9(18)13(19)16-11-6-15-17(8-11)7-10-4-2-3-5-12(10)14/h2-6,8H,7H2,1H3,(H,16,19). The van der Waals surface area contributed by atoms with Crippen molar-refractivity contribution in [1.29, 1.82) is 0 Å². The maximum absolute atomic E-state index is 11.2. The number of ketones is 1. The fraction of sp³-hybridized carbons (Fsp3) is 0.154. The van der Waals surface area contributed by atoms with Crippen molar-refractivity contribution in [3.63, 3.8) is 0 Å². The number of nitrogens with zero attached hydrogens (tertiary/aromatic N) is 2. The van der Waals surface area contributed by atoms with Crippen LogP contribution in [-0.2, 0) is 16.1 Å². The summed E-state index contributed by atoms with van der Waals surface area (Å²) < 4.78 is 1.64. The fourth-order valence-corrected chi connectivity index (χ4v) is 1.73. The molecule has 0 atom stereocenters. The largest absolute Gasteiger partial charge is 0.317 e. The number of Topliss-reactive ketones (excluding diaryl/α,β-unsaturated/α-hetero) is 1. The number of hydrogen-bond donors (Lipinski definition) is 1. The molecule has 1 heterocycles. The smallest absolute Gasteiger partial charge is 0.291 e. The highest BCUT2D eigenvalue weighted by molar-refractivity contribution is 6.39. The molecule has 0 bridgehead atoms. The van der Waals surface area contributed by atoms with Crippen LogP contribution in [0.1, 0.15) is 12.5 Å². The molecule has 2 aromatic rings. The topological polar surface area (TPSA) is 64.0 Å². The minimum atomic E-state index is -0.655. The molecule has 1 aromatic heterocycles. The van der Waals surface area contributed by atoms with Gasteiger partial charge in [-0.25, -0.2) is 0 Å². The molecule has 1 amide bonds. The molecular formula is C13H12ClN3O2. The number of aromatic nitrogens is 2. The van der Waals surface area contributed by atoms with E-state index in [0.717, 1.165) is 5.56 Å². The number of rotatable bonds is 4. The third kappa shape index (κ3) is 3.42. The van der Waals surface area contributed by atoms with Crippen molar-refractivity contribution in [3.8, 4) is 0 Å². The van der Waals surface area contributed by atoms with Gasteiger partial charge in [-0.1, -0.05) is 29.8 Å². The Kier molecular flexibility index (Phi) is 3.97. The van der Waals surface area contributed by atoms with Crippen molar-refractivity contribution in [2.45, 2.75) is 13.5 Å². The van der Waals surface area contributed by atoms with Gasteiger partial charge >= 0.3 is 0 Å². The number of nitrogens with one attached hydrogen (secondary N) is 1. The predicted octanol–water partition coefficient (Wildman–Crippen LogP) is 2.11. The second-order valence-electron chi connectivity index (χ2n) is 4.03. The number of carbonyl (C=O) groups excluding carboxylic acids is 2. The minimum absolute atomic E-state index is 0.479. The van der Waals surface area contributed by atoms with E-state index in [1.54, 1.807) is 16.9 Å². The van der Waals surface area contributed by atoms with E-state index in [1.807, 2.05) is 18.2 Å². The average molecular weight is 278 g/mol. The quantitative estimate of drug-likeness (QED) is 0.871. The molecule has 0 unspecified atom stereocenters. The molecule has 0 spiro atoms. The Morgan fingerprint density at radius 2 is 2.11 bits per heavy atom. The van der Waals surface area contributed by atoms with E-state index in [4.69, 9.17) is 11.6 Å². The number of anilines is 1. The van der Waals surface area contributed by atoms with Crippen molar-refractivity contribution < 1.29 is 9.59 Å². The lowest BCUT2D eigenvalue weighted by molar-refractivity contribution is -0.133.